The van der Waals surface area contributed by atoms with E-state index in [0.29, 0.717) is 20.3 Å². The second kappa shape index (κ2) is 6.50. The Hall–Kier alpha value is -2.86. The lowest BCUT2D eigenvalue weighted by Gasteiger charge is -1.91. The second-order valence-electron chi connectivity index (χ2n) is 4.73. The number of carbonyl (C=O) groups excluding carboxylic acids is 1. The highest BCUT2D eigenvalue weighted by Gasteiger charge is 2.02. The van der Waals surface area contributed by atoms with Crippen molar-refractivity contribution in [2.45, 2.75) is 0 Å². The van der Waals surface area contributed by atoms with E-state index in [2.05, 4.69) is 9.97 Å². The third-order valence-corrected chi connectivity index (χ3v) is 4.04. The monoisotopic (exact) mass is 326 g/mol. The zero-order valence-corrected chi connectivity index (χ0v) is 12.6. The predicted octanol–water partition coefficient (Wildman–Crippen LogP) is 1.46. The summed E-state index contributed by atoms with van der Waals surface area (Å²) < 4.78 is 13.8. The van der Waals surface area contributed by atoms with Gasteiger partial charge in [-0.1, -0.05) is 12.1 Å². The quantitative estimate of drug-likeness (QED) is 0.741. The molecule has 1 N–H and O–H groups in total. The van der Waals surface area contributed by atoms with Crippen LogP contribution in [0.3, 0.4) is 0 Å². The first kappa shape index (κ1) is 15.1. The molecule has 0 saturated carbocycles. The van der Waals surface area contributed by atoms with Gasteiger partial charge in [-0.15, -0.1) is 11.3 Å². The predicted molar refractivity (Wildman–Crippen MR) is 87.2 cm³/mol. The molecule has 0 unspecified atom stereocenters. The zero-order chi connectivity index (χ0) is 16.2. The smallest absolute Gasteiger partial charge is 0.266 e. The van der Waals surface area contributed by atoms with Crippen LogP contribution < -0.4 is 14.8 Å². The minimum Gasteiger partial charge on any atom is -0.313 e. The minimum atomic E-state index is -0.334. The summed E-state index contributed by atoms with van der Waals surface area (Å²) in [6.07, 6.45) is 6.10. The summed E-state index contributed by atoms with van der Waals surface area (Å²) >= 11 is 1.17. The highest BCUT2D eigenvalue weighted by atomic mass is 32.1. The molecule has 6 heteroatoms. The van der Waals surface area contributed by atoms with E-state index in [-0.39, 0.29) is 17.2 Å². The molecule has 1 aromatic carbocycles. The van der Waals surface area contributed by atoms with E-state index >= 15 is 0 Å². The molecule has 0 saturated heterocycles. The third kappa shape index (κ3) is 3.67. The van der Waals surface area contributed by atoms with Gasteiger partial charge in [0.1, 0.15) is 5.82 Å². The summed E-state index contributed by atoms with van der Waals surface area (Å²) in [4.78, 5) is 30.5. The van der Waals surface area contributed by atoms with Gasteiger partial charge in [0, 0.05) is 24.0 Å². The summed E-state index contributed by atoms with van der Waals surface area (Å²) in [7, 11) is 0. The maximum absolute atomic E-state index is 12.9. The summed E-state index contributed by atoms with van der Waals surface area (Å²) in [5, 5.41) is 0. The first-order valence-corrected chi connectivity index (χ1v) is 7.56. The molecule has 2 heterocycles. The van der Waals surface area contributed by atoms with E-state index in [9.17, 15) is 14.0 Å². The number of Topliss-reactive ketones (excluding diaryl/α,β-unsaturated/α-hetero) is 1. The number of thiazole rings is 1. The van der Waals surface area contributed by atoms with Gasteiger partial charge in [-0.2, -0.15) is 0 Å². The molecule has 0 aliphatic carbocycles. The number of rotatable bonds is 3. The standard InChI is InChI=1S/C17H11FN2O2S/c18-13-3-1-11(2-4-13)9-15-17(22)20-16(23-15)10-14(21)12-5-7-19-8-6-12/h1-10H,(H,20,22)/b15-9-,16-10-. The van der Waals surface area contributed by atoms with E-state index in [1.54, 1.807) is 30.3 Å². The SMILES string of the molecule is O=C(/C=c1/[nH]c(=O)/c(=C/c2ccc(F)cc2)s1)c1ccncc1. The van der Waals surface area contributed by atoms with E-state index in [4.69, 9.17) is 0 Å². The number of ketones is 1. The number of hydrogen-bond acceptors (Lipinski definition) is 4. The number of benzene rings is 1. The van der Waals surface area contributed by atoms with Gasteiger partial charge in [0.25, 0.3) is 5.56 Å². The average molecular weight is 326 g/mol. The molecule has 0 aliphatic rings. The maximum atomic E-state index is 12.9. The van der Waals surface area contributed by atoms with Crippen molar-refractivity contribution < 1.29 is 9.18 Å². The van der Waals surface area contributed by atoms with Gasteiger partial charge in [0.15, 0.2) is 5.78 Å². The number of nitrogens with zero attached hydrogens (tertiary/aromatic N) is 1. The summed E-state index contributed by atoms with van der Waals surface area (Å²) in [5.41, 5.74) is 0.928. The third-order valence-electron chi connectivity index (χ3n) is 3.08. The van der Waals surface area contributed by atoms with E-state index in [0.717, 1.165) is 0 Å². The molecule has 0 amide bonds. The summed E-state index contributed by atoms with van der Waals surface area (Å²) in [6, 6.07) is 9.04. The van der Waals surface area contributed by atoms with Gasteiger partial charge in [-0.05, 0) is 35.9 Å². The van der Waals surface area contributed by atoms with Crippen LogP contribution in [0.5, 0.6) is 0 Å². The lowest BCUT2D eigenvalue weighted by Crippen LogP contribution is -2.20. The molecule has 0 spiro atoms. The van der Waals surface area contributed by atoms with Crippen LogP contribution in [0.2, 0.25) is 0 Å². The molecule has 3 aromatic rings. The van der Waals surface area contributed by atoms with Crippen molar-refractivity contribution in [3.05, 3.63) is 85.3 Å². The van der Waals surface area contributed by atoms with E-state index < -0.39 is 0 Å². The molecule has 4 nitrogen and oxygen atoms in total. The Kier molecular flexibility index (Phi) is 4.25. The number of hydrogen-bond donors (Lipinski definition) is 1. The number of halogens is 1. The largest absolute Gasteiger partial charge is 0.313 e. The van der Waals surface area contributed by atoms with Gasteiger partial charge in [-0.25, -0.2) is 4.39 Å². The van der Waals surface area contributed by atoms with Crippen molar-refractivity contribution in [2.75, 3.05) is 0 Å². The molecule has 3 rings (SSSR count). The lowest BCUT2D eigenvalue weighted by molar-refractivity contribution is 0.106. The minimum absolute atomic E-state index is 0.210. The van der Waals surface area contributed by atoms with Crippen LogP contribution in [0, 0.1) is 5.82 Å². The van der Waals surface area contributed by atoms with Crippen LogP contribution in [0.25, 0.3) is 12.2 Å². The van der Waals surface area contributed by atoms with Crippen molar-refractivity contribution >= 4 is 29.3 Å². The van der Waals surface area contributed by atoms with Crippen LogP contribution in [0.1, 0.15) is 15.9 Å². The van der Waals surface area contributed by atoms with Crippen molar-refractivity contribution in [3.63, 3.8) is 0 Å². The van der Waals surface area contributed by atoms with Gasteiger partial charge in [0.05, 0.1) is 9.20 Å². The Labute approximate surface area is 134 Å². The normalized spacial score (nSPS) is 12.6. The lowest BCUT2D eigenvalue weighted by atomic mass is 10.2. The number of aromatic amines is 1. The van der Waals surface area contributed by atoms with E-state index in [1.165, 1.54) is 41.9 Å². The summed E-state index contributed by atoms with van der Waals surface area (Å²) in [6.45, 7) is 0. The highest BCUT2D eigenvalue weighted by molar-refractivity contribution is 7.07. The Morgan fingerprint density at radius 1 is 1.13 bits per heavy atom. The van der Waals surface area contributed by atoms with Crippen LogP contribution in [-0.2, 0) is 0 Å². The van der Waals surface area contributed by atoms with Gasteiger partial charge < -0.3 is 4.98 Å². The van der Waals surface area contributed by atoms with Crippen LogP contribution in [0.15, 0.2) is 53.6 Å². The summed E-state index contributed by atoms with van der Waals surface area (Å²) in [5.74, 6) is -0.544. The Bertz CT molecular complexity index is 1010. The van der Waals surface area contributed by atoms with Crippen LogP contribution in [0.4, 0.5) is 4.39 Å². The zero-order valence-electron chi connectivity index (χ0n) is 11.8. The van der Waals surface area contributed by atoms with Gasteiger partial charge >= 0.3 is 0 Å². The average Bonchev–Trinajstić information content (AvgIpc) is 2.90. The Morgan fingerprint density at radius 3 is 2.52 bits per heavy atom. The first-order valence-electron chi connectivity index (χ1n) is 6.74. The Balaban J connectivity index is 1.98. The molecule has 23 heavy (non-hydrogen) atoms. The van der Waals surface area contributed by atoms with Crippen LogP contribution >= 0.6 is 11.3 Å². The molecule has 114 valence electrons. The Morgan fingerprint density at radius 2 is 1.83 bits per heavy atom. The van der Waals surface area contributed by atoms with Gasteiger partial charge in [0.2, 0.25) is 0 Å². The second-order valence-corrected chi connectivity index (χ2v) is 5.81. The van der Waals surface area contributed by atoms with Crippen molar-refractivity contribution in [2.24, 2.45) is 0 Å². The van der Waals surface area contributed by atoms with Crippen molar-refractivity contribution in [3.8, 4) is 0 Å². The molecule has 0 aliphatic heterocycles. The van der Waals surface area contributed by atoms with E-state index in [1.807, 2.05) is 0 Å². The first-order chi connectivity index (χ1) is 11.1. The maximum Gasteiger partial charge on any atom is 0.266 e. The molecule has 0 fully saturated rings. The molecule has 0 bridgehead atoms. The molecule has 2 aromatic heterocycles. The number of pyridine rings is 1. The number of aromatic nitrogens is 2. The number of carbonyl (C=O) groups is 1. The number of nitrogens with one attached hydrogen (secondary N) is 1. The topological polar surface area (TPSA) is 62.8 Å². The number of H-pyrrole nitrogens is 1. The fourth-order valence-electron chi connectivity index (χ4n) is 1.95. The molecule has 0 atom stereocenters. The van der Waals surface area contributed by atoms with Crippen LogP contribution in [-0.4, -0.2) is 15.8 Å². The molecule has 0 radical (unpaired) electrons. The van der Waals surface area contributed by atoms with Crippen molar-refractivity contribution in [1.29, 1.82) is 0 Å². The molecular formula is C17H11FN2O2S. The molecular weight excluding hydrogens is 315 g/mol. The fraction of sp³-hybridized carbons (Fsp3) is 0. The van der Waals surface area contributed by atoms with Gasteiger partial charge in [-0.3, -0.25) is 14.6 Å². The highest BCUT2D eigenvalue weighted by Crippen LogP contribution is 2.03. The fourth-order valence-corrected chi connectivity index (χ4v) is 2.84. The van der Waals surface area contributed by atoms with Crippen molar-refractivity contribution in [1.82, 2.24) is 9.97 Å².